The molecule has 0 aliphatic carbocycles. The highest BCUT2D eigenvalue weighted by Gasteiger charge is 2.27. The van der Waals surface area contributed by atoms with Gasteiger partial charge in [-0.1, -0.05) is 19.9 Å². The molecule has 3 rings (SSSR count). The van der Waals surface area contributed by atoms with Gasteiger partial charge in [-0.05, 0) is 31.0 Å². The molecule has 0 spiro atoms. The molecule has 1 aliphatic heterocycles. The minimum absolute atomic E-state index is 0.00225. The smallest absolute Gasteiger partial charge is 0.293 e. The molecule has 2 N–H and O–H groups in total. The molecule has 0 bridgehead atoms. The summed E-state index contributed by atoms with van der Waals surface area (Å²) in [6, 6.07) is 6.11. The van der Waals surface area contributed by atoms with E-state index in [4.69, 9.17) is 5.73 Å². The van der Waals surface area contributed by atoms with Crippen LogP contribution in [0.25, 0.3) is 5.69 Å². The molecule has 1 amide bonds. The molecular weight excluding hydrogens is 309 g/mol. The first-order valence-electron chi connectivity index (χ1n) is 8.23. The fraction of sp³-hybridized carbons (Fsp3) is 0.471. The van der Waals surface area contributed by atoms with Crippen molar-refractivity contribution in [3.63, 3.8) is 0 Å². The van der Waals surface area contributed by atoms with Gasteiger partial charge >= 0.3 is 0 Å². The highest BCUT2D eigenvalue weighted by Crippen LogP contribution is 2.19. The van der Waals surface area contributed by atoms with Crippen LogP contribution >= 0.6 is 0 Å². The topological polar surface area (TPSA) is 77.0 Å². The number of hydrogen-bond acceptors (Lipinski definition) is 4. The number of nitrogens with zero attached hydrogens (tertiary/aromatic N) is 4. The maximum absolute atomic E-state index is 13.5. The number of piperidine rings is 1. The van der Waals surface area contributed by atoms with Gasteiger partial charge in [-0.2, -0.15) is 0 Å². The van der Waals surface area contributed by atoms with Crippen LogP contribution in [0.2, 0.25) is 0 Å². The van der Waals surface area contributed by atoms with Gasteiger partial charge in [0, 0.05) is 25.0 Å². The predicted molar refractivity (Wildman–Crippen MR) is 88.5 cm³/mol. The SMILES string of the molecule is CC(C)c1nc(C(=O)N2CCC[C@H](N)C2)nn1-c1cccc(F)c1. The Bertz CT molecular complexity index is 742. The average Bonchev–Trinajstić information content (AvgIpc) is 2.99. The summed E-state index contributed by atoms with van der Waals surface area (Å²) in [6.07, 6.45) is 1.81. The zero-order valence-corrected chi connectivity index (χ0v) is 13.9. The van der Waals surface area contributed by atoms with E-state index >= 15 is 0 Å². The van der Waals surface area contributed by atoms with Gasteiger partial charge in [-0.15, -0.1) is 5.10 Å². The second kappa shape index (κ2) is 6.68. The second-order valence-corrected chi connectivity index (χ2v) is 6.49. The van der Waals surface area contributed by atoms with Crippen molar-refractivity contribution < 1.29 is 9.18 Å². The Balaban J connectivity index is 1.95. The van der Waals surface area contributed by atoms with E-state index in [1.165, 1.54) is 12.1 Å². The number of benzene rings is 1. The van der Waals surface area contributed by atoms with Crippen molar-refractivity contribution in [2.45, 2.75) is 38.6 Å². The fourth-order valence-electron chi connectivity index (χ4n) is 2.92. The Hall–Kier alpha value is -2.28. The Morgan fingerprint density at radius 1 is 1.42 bits per heavy atom. The first-order valence-corrected chi connectivity index (χ1v) is 8.23. The van der Waals surface area contributed by atoms with Crippen LogP contribution < -0.4 is 5.73 Å². The number of carbonyl (C=O) groups is 1. The number of aromatic nitrogens is 3. The summed E-state index contributed by atoms with van der Waals surface area (Å²) in [7, 11) is 0. The van der Waals surface area contributed by atoms with E-state index in [1.54, 1.807) is 21.7 Å². The third-order valence-corrected chi connectivity index (χ3v) is 4.14. The predicted octanol–water partition coefficient (Wildman–Crippen LogP) is 2.09. The molecule has 128 valence electrons. The van der Waals surface area contributed by atoms with Gasteiger partial charge in [0.05, 0.1) is 5.69 Å². The van der Waals surface area contributed by atoms with Crippen LogP contribution in [0.15, 0.2) is 24.3 Å². The Kier molecular flexibility index (Phi) is 4.62. The lowest BCUT2D eigenvalue weighted by Gasteiger charge is -2.29. The highest BCUT2D eigenvalue weighted by molar-refractivity contribution is 5.90. The van der Waals surface area contributed by atoms with Crippen LogP contribution in [0.4, 0.5) is 4.39 Å². The normalized spacial score (nSPS) is 18.2. The Morgan fingerprint density at radius 2 is 2.21 bits per heavy atom. The van der Waals surface area contributed by atoms with Gasteiger partial charge < -0.3 is 10.6 Å². The molecule has 7 heteroatoms. The lowest BCUT2D eigenvalue weighted by atomic mass is 10.1. The minimum Gasteiger partial charge on any atom is -0.334 e. The fourth-order valence-corrected chi connectivity index (χ4v) is 2.92. The summed E-state index contributed by atoms with van der Waals surface area (Å²) in [5.74, 6) is 0.239. The molecule has 0 unspecified atom stereocenters. The first-order chi connectivity index (χ1) is 11.5. The van der Waals surface area contributed by atoms with Crippen molar-refractivity contribution in [3.05, 3.63) is 41.7 Å². The quantitative estimate of drug-likeness (QED) is 0.934. The van der Waals surface area contributed by atoms with Gasteiger partial charge in [0.15, 0.2) is 0 Å². The summed E-state index contributed by atoms with van der Waals surface area (Å²) < 4.78 is 15.1. The van der Waals surface area contributed by atoms with Gasteiger partial charge in [0.25, 0.3) is 5.91 Å². The van der Waals surface area contributed by atoms with E-state index in [0.717, 1.165) is 12.8 Å². The van der Waals surface area contributed by atoms with Crippen LogP contribution in [-0.2, 0) is 0 Å². The molecule has 6 nitrogen and oxygen atoms in total. The number of amides is 1. The highest BCUT2D eigenvalue weighted by atomic mass is 19.1. The Labute approximate surface area is 140 Å². The molecule has 2 aromatic rings. The minimum atomic E-state index is -0.354. The van der Waals surface area contributed by atoms with Crippen molar-refractivity contribution in [3.8, 4) is 5.69 Å². The third-order valence-electron chi connectivity index (χ3n) is 4.14. The lowest BCUT2D eigenvalue weighted by Crippen LogP contribution is -2.46. The van der Waals surface area contributed by atoms with Crippen molar-refractivity contribution in [2.24, 2.45) is 5.73 Å². The molecular formula is C17H22FN5O. The summed E-state index contributed by atoms with van der Waals surface area (Å²) in [6.45, 7) is 5.11. The van der Waals surface area contributed by atoms with E-state index in [9.17, 15) is 9.18 Å². The van der Waals surface area contributed by atoms with Crippen molar-refractivity contribution >= 4 is 5.91 Å². The third kappa shape index (κ3) is 3.31. The van der Waals surface area contributed by atoms with E-state index < -0.39 is 0 Å². The number of hydrogen-bond donors (Lipinski definition) is 1. The standard InChI is InChI=1S/C17H22FN5O/c1-11(2)16-20-15(17(24)22-8-4-6-13(19)10-22)21-23(16)14-7-3-5-12(18)9-14/h3,5,7,9,11,13H,4,6,8,10,19H2,1-2H3/t13-/m0/s1. The van der Waals surface area contributed by atoms with Gasteiger partial charge in [0.2, 0.25) is 5.82 Å². The molecule has 1 aromatic heterocycles. The van der Waals surface area contributed by atoms with Gasteiger partial charge in [-0.3, -0.25) is 4.79 Å². The van der Waals surface area contributed by atoms with Crippen LogP contribution in [-0.4, -0.2) is 44.7 Å². The van der Waals surface area contributed by atoms with E-state index in [-0.39, 0.29) is 29.5 Å². The molecule has 0 radical (unpaired) electrons. The zero-order valence-electron chi connectivity index (χ0n) is 13.9. The lowest BCUT2D eigenvalue weighted by molar-refractivity contribution is 0.0696. The van der Waals surface area contributed by atoms with Crippen LogP contribution in [0.3, 0.4) is 0 Å². The summed E-state index contributed by atoms with van der Waals surface area (Å²) in [5, 5.41) is 4.35. The van der Waals surface area contributed by atoms with E-state index in [1.807, 2.05) is 13.8 Å². The first kappa shape index (κ1) is 16.6. The monoisotopic (exact) mass is 331 g/mol. The number of rotatable bonds is 3. The number of nitrogens with two attached hydrogens (primary N) is 1. The van der Waals surface area contributed by atoms with Crippen LogP contribution in [0, 0.1) is 5.82 Å². The van der Waals surface area contributed by atoms with Gasteiger partial charge in [0.1, 0.15) is 11.6 Å². The number of halogens is 1. The Morgan fingerprint density at radius 3 is 2.88 bits per heavy atom. The number of carbonyl (C=O) groups excluding carboxylic acids is 1. The van der Waals surface area contributed by atoms with Crippen LogP contribution in [0.5, 0.6) is 0 Å². The molecule has 1 aliphatic rings. The molecule has 1 aromatic carbocycles. The maximum Gasteiger partial charge on any atom is 0.293 e. The number of likely N-dealkylation sites (tertiary alicyclic amines) is 1. The molecule has 1 saturated heterocycles. The summed E-state index contributed by atoms with van der Waals surface area (Å²) in [5.41, 5.74) is 6.51. The molecule has 1 fully saturated rings. The summed E-state index contributed by atoms with van der Waals surface area (Å²) in [4.78, 5) is 18.8. The van der Waals surface area contributed by atoms with Gasteiger partial charge in [-0.25, -0.2) is 14.1 Å². The van der Waals surface area contributed by atoms with E-state index in [2.05, 4.69) is 10.1 Å². The largest absolute Gasteiger partial charge is 0.334 e. The average molecular weight is 331 g/mol. The van der Waals surface area contributed by atoms with Crippen molar-refractivity contribution in [1.29, 1.82) is 0 Å². The van der Waals surface area contributed by atoms with E-state index in [0.29, 0.717) is 24.6 Å². The molecule has 24 heavy (non-hydrogen) atoms. The molecule has 1 atom stereocenters. The summed E-state index contributed by atoms with van der Waals surface area (Å²) >= 11 is 0. The van der Waals surface area contributed by atoms with Crippen LogP contribution in [0.1, 0.15) is 49.1 Å². The second-order valence-electron chi connectivity index (χ2n) is 6.49. The molecule has 0 saturated carbocycles. The zero-order chi connectivity index (χ0) is 17.3. The molecule has 2 heterocycles. The van der Waals surface area contributed by atoms with Crippen molar-refractivity contribution in [1.82, 2.24) is 19.7 Å². The maximum atomic E-state index is 13.5. The van der Waals surface area contributed by atoms with Crippen molar-refractivity contribution in [2.75, 3.05) is 13.1 Å².